The number of nitrogens with zero attached hydrogens (tertiary/aromatic N) is 2. The van der Waals surface area contributed by atoms with Crippen LogP contribution in [0.3, 0.4) is 0 Å². The molecule has 2 rings (SSSR count). The number of oxazole rings is 1. The largest absolute Gasteiger partial charge is 0.444 e. The number of nitrogens with one attached hydrogen (secondary N) is 1. The molecule has 0 spiro atoms. The summed E-state index contributed by atoms with van der Waals surface area (Å²) in [6.07, 6.45) is 2.76. The third-order valence-electron chi connectivity index (χ3n) is 2.93. The Bertz CT molecular complexity index is 311. The number of aromatic nitrogens is 1. The summed E-state index contributed by atoms with van der Waals surface area (Å²) >= 11 is 0. The lowest BCUT2D eigenvalue weighted by molar-refractivity contribution is 0.150. The zero-order valence-electron chi connectivity index (χ0n) is 9.49. The number of hydrogen-bond acceptors (Lipinski definition) is 4. The summed E-state index contributed by atoms with van der Waals surface area (Å²) in [6.45, 7) is 8.34. The Hall–Kier alpha value is -0.870. The van der Waals surface area contributed by atoms with Crippen LogP contribution >= 0.6 is 0 Å². The molecule has 0 amide bonds. The molecule has 0 aromatic carbocycles. The second-order valence-electron chi connectivity index (χ2n) is 4.10. The van der Waals surface area contributed by atoms with Crippen molar-refractivity contribution in [2.45, 2.75) is 32.9 Å². The molecule has 0 radical (unpaired) electrons. The van der Waals surface area contributed by atoms with E-state index in [9.17, 15) is 0 Å². The smallest absolute Gasteiger partial charge is 0.208 e. The van der Waals surface area contributed by atoms with Crippen molar-refractivity contribution in [3.8, 4) is 0 Å². The number of piperazine rings is 1. The van der Waals surface area contributed by atoms with Gasteiger partial charge in [0.1, 0.15) is 5.76 Å². The average Bonchev–Trinajstić information content (AvgIpc) is 2.69. The van der Waals surface area contributed by atoms with Gasteiger partial charge in [-0.15, -0.1) is 0 Å². The summed E-state index contributed by atoms with van der Waals surface area (Å²) < 4.78 is 5.61. The predicted octanol–water partition coefficient (Wildman–Crippen LogP) is 1.03. The highest BCUT2D eigenvalue weighted by Crippen LogP contribution is 2.10. The topological polar surface area (TPSA) is 41.3 Å². The van der Waals surface area contributed by atoms with E-state index in [0.29, 0.717) is 6.04 Å². The van der Waals surface area contributed by atoms with E-state index in [1.54, 1.807) is 0 Å². The highest BCUT2D eigenvalue weighted by molar-refractivity contribution is 4.94. The molecule has 15 heavy (non-hydrogen) atoms. The van der Waals surface area contributed by atoms with Gasteiger partial charge in [-0.2, -0.15) is 0 Å². The van der Waals surface area contributed by atoms with Crippen LogP contribution in [0.2, 0.25) is 0 Å². The van der Waals surface area contributed by atoms with Gasteiger partial charge < -0.3 is 9.73 Å². The molecule has 1 N–H and O–H groups in total. The maximum Gasteiger partial charge on any atom is 0.208 e. The van der Waals surface area contributed by atoms with Crippen LogP contribution in [-0.4, -0.2) is 35.6 Å². The predicted molar refractivity (Wildman–Crippen MR) is 58.6 cm³/mol. The molecule has 84 valence electrons. The zero-order chi connectivity index (χ0) is 10.7. The van der Waals surface area contributed by atoms with E-state index in [0.717, 1.165) is 44.3 Å². The minimum absolute atomic E-state index is 0.565. The summed E-state index contributed by atoms with van der Waals surface area (Å²) in [4.78, 5) is 6.69. The van der Waals surface area contributed by atoms with Crippen LogP contribution < -0.4 is 5.32 Å². The normalized spacial score (nSPS) is 23.2. The summed E-state index contributed by atoms with van der Waals surface area (Å²) in [5.74, 6) is 1.83. The summed E-state index contributed by atoms with van der Waals surface area (Å²) in [5.41, 5.74) is 0. The SMILES string of the molecule is CCc1cnc(CN2CCNCC2C)o1. The first-order valence-electron chi connectivity index (χ1n) is 5.68. The maximum absolute atomic E-state index is 5.61. The van der Waals surface area contributed by atoms with Crippen molar-refractivity contribution in [2.75, 3.05) is 19.6 Å². The van der Waals surface area contributed by atoms with E-state index in [2.05, 4.69) is 29.0 Å². The monoisotopic (exact) mass is 209 g/mol. The lowest BCUT2D eigenvalue weighted by atomic mass is 10.2. The second kappa shape index (κ2) is 4.77. The molecule has 0 bridgehead atoms. The van der Waals surface area contributed by atoms with Gasteiger partial charge in [0.2, 0.25) is 5.89 Å². The van der Waals surface area contributed by atoms with Gasteiger partial charge in [0.15, 0.2) is 0 Å². The van der Waals surface area contributed by atoms with E-state index in [-0.39, 0.29) is 0 Å². The fourth-order valence-corrected chi connectivity index (χ4v) is 1.88. The minimum atomic E-state index is 0.565. The van der Waals surface area contributed by atoms with Crippen molar-refractivity contribution in [3.05, 3.63) is 17.8 Å². The van der Waals surface area contributed by atoms with Crippen LogP contribution in [0.4, 0.5) is 0 Å². The minimum Gasteiger partial charge on any atom is -0.444 e. The molecule has 4 nitrogen and oxygen atoms in total. The summed E-state index contributed by atoms with van der Waals surface area (Å²) in [7, 11) is 0. The van der Waals surface area contributed by atoms with E-state index >= 15 is 0 Å². The van der Waals surface area contributed by atoms with Crippen LogP contribution in [0.1, 0.15) is 25.5 Å². The summed E-state index contributed by atoms with van der Waals surface area (Å²) in [5, 5.41) is 3.37. The molecular formula is C11H19N3O. The standard InChI is InChI=1S/C11H19N3O/c1-3-10-7-13-11(15-10)8-14-5-4-12-6-9(14)2/h7,9,12H,3-6,8H2,1-2H3. The lowest BCUT2D eigenvalue weighted by Crippen LogP contribution is -2.49. The molecule has 1 saturated heterocycles. The molecule has 1 atom stereocenters. The zero-order valence-corrected chi connectivity index (χ0v) is 9.49. The van der Waals surface area contributed by atoms with Gasteiger partial charge >= 0.3 is 0 Å². The quantitative estimate of drug-likeness (QED) is 0.807. The Morgan fingerprint density at radius 1 is 1.67 bits per heavy atom. The van der Waals surface area contributed by atoms with Crippen molar-refractivity contribution in [3.63, 3.8) is 0 Å². The number of aryl methyl sites for hydroxylation is 1. The Kier molecular flexibility index (Phi) is 3.38. The van der Waals surface area contributed by atoms with Crippen molar-refractivity contribution >= 4 is 0 Å². The van der Waals surface area contributed by atoms with Gasteiger partial charge in [0.25, 0.3) is 0 Å². The Labute approximate surface area is 90.7 Å². The highest BCUT2D eigenvalue weighted by atomic mass is 16.4. The Morgan fingerprint density at radius 3 is 3.20 bits per heavy atom. The van der Waals surface area contributed by atoms with E-state index in [4.69, 9.17) is 4.42 Å². The highest BCUT2D eigenvalue weighted by Gasteiger charge is 2.19. The molecule has 1 aromatic heterocycles. The van der Waals surface area contributed by atoms with Crippen molar-refractivity contribution < 1.29 is 4.42 Å². The van der Waals surface area contributed by atoms with Crippen LogP contribution in [0.25, 0.3) is 0 Å². The van der Waals surface area contributed by atoms with E-state index in [1.807, 2.05) is 6.20 Å². The molecular weight excluding hydrogens is 190 g/mol. The number of rotatable bonds is 3. The van der Waals surface area contributed by atoms with Gasteiger partial charge in [0.05, 0.1) is 12.7 Å². The first-order chi connectivity index (χ1) is 7.29. The maximum atomic E-state index is 5.61. The Balaban J connectivity index is 1.95. The molecule has 1 unspecified atom stereocenters. The van der Waals surface area contributed by atoms with Crippen molar-refractivity contribution in [1.29, 1.82) is 0 Å². The van der Waals surface area contributed by atoms with Crippen LogP contribution in [0.15, 0.2) is 10.6 Å². The fraction of sp³-hybridized carbons (Fsp3) is 0.727. The van der Waals surface area contributed by atoms with Crippen LogP contribution in [-0.2, 0) is 13.0 Å². The molecule has 1 fully saturated rings. The molecule has 0 saturated carbocycles. The number of hydrogen-bond donors (Lipinski definition) is 1. The van der Waals surface area contributed by atoms with Gasteiger partial charge in [-0.25, -0.2) is 4.98 Å². The van der Waals surface area contributed by atoms with E-state index in [1.165, 1.54) is 0 Å². The van der Waals surface area contributed by atoms with E-state index < -0.39 is 0 Å². The Morgan fingerprint density at radius 2 is 2.53 bits per heavy atom. The molecule has 2 heterocycles. The summed E-state index contributed by atoms with van der Waals surface area (Å²) in [6, 6.07) is 0.565. The molecule has 1 aliphatic heterocycles. The first kappa shape index (κ1) is 10.6. The molecule has 1 aliphatic rings. The first-order valence-corrected chi connectivity index (χ1v) is 5.68. The fourth-order valence-electron chi connectivity index (χ4n) is 1.88. The van der Waals surface area contributed by atoms with Gasteiger partial charge in [-0.3, -0.25) is 4.90 Å². The molecule has 0 aliphatic carbocycles. The van der Waals surface area contributed by atoms with Crippen LogP contribution in [0, 0.1) is 0 Å². The molecule has 4 heteroatoms. The van der Waals surface area contributed by atoms with Crippen molar-refractivity contribution in [1.82, 2.24) is 15.2 Å². The molecule has 1 aromatic rings. The second-order valence-corrected chi connectivity index (χ2v) is 4.10. The third kappa shape index (κ3) is 2.58. The third-order valence-corrected chi connectivity index (χ3v) is 2.93. The van der Waals surface area contributed by atoms with Crippen molar-refractivity contribution in [2.24, 2.45) is 0 Å². The van der Waals surface area contributed by atoms with Gasteiger partial charge in [0, 0.05) is 32.1 Å². The van der Waals surface area contributed by atoms with Crippen LogP contribution in [0.5, 0.6) is 0 Å². The average molecular weight is 209 g/mol. The van der Waals surface area contributed by atoms with Gasteiger partial charge in [-0.1, -0.05) is 6.92 Å². The van der Waals surface area contributed by atoms with Gasteiger partial charge in [-0.05, 0) is 6.92 Å². The lowest BCUT2D eigenvalue weighted by Gasteiger charge is -2.32.